The molecular formula is C15H13ClF2N4O2S2. The number of aromatic nitrogens is 1. The van der Waals surface area contributed by atoms with Gasteiger partial charge >= 0.3 is 6.03 Å². The first kappa shape index (κ1) is 18.9. The van der Waals surface area contributed by atoms with Gasteiger partial charge in [0.05, 0.1) is 27.7 Å². The van der Waals surface area contributed by atoms with E-state index in [9.17, 15) is 18.4 Å². The molecule has 0 saturated carbocycles. The first-order valence-electron chi connectivity index (χ1n) is 7.47. The molecule has 2 heterocycles. The molecule has 0 radical (unpaired) electrons. The number of rotatable bonds is 6. The first-order valence-corrected chi connectivity index (χ1v) is 9.60. The lowest BCUT2D eigenvalue weighted by atomic mass is 10.3. The Bertz CT molecular complexity index is 834. The van der Waals surface area contributed by atoms with E-state index in [0.717, 1.165) is 0 Å². The Morgan fingerprint density at radius 1 is 1.50 bits per heavy atom. The lowest BCUT2D eigenvalue weighted by molar-refractivity contribution is -0.115. The second kappa shape index (κ2) is 8.19. The fourth-order valence-corrected chi connectivity index (χ4v) is 4.09. The molecule has 26 heavy (non-hydrogen) atoms. The summed E-state index contributed by atoms with van der Waals surface area (Å²) < 4.78 is 25.4. The van der Waals surface area contributed by atoms with Crippen LogP contribution in [0.15, 0.2) is 28.5 Å². The lowest BCUT2D eigenvalue weighted by Crippen LogP contribution is -2.27. The van der Waals surface area contributed by atoms with Gasteiger partial charge in [-0.05, 0) is 12.1 Å². The number of thioether (sulfide) groups is 1. The summed E-state index contributed by atoms with van der Waals surface area (Å²) in [4.78, 5) is 29.8. The van der Waals surface area contributed by atoms with E-state index in [-0.39, 0.29) is 39.8 Å². The SMILES string of the molecule is O=C(Cc1csc(N2CCNC2=O)n1)Nc1cccc(Cl)c1SC(F)F. The maximum atomic E-state index is 12.7. The van der Waals surface area contributed by atoms with Crippen LogP contribution >= 0.6 is 34.7 Å². The van der Waals surface area contributed by atoms with Crippen molar-refractivity contribution in [2.24, 2.45) is 0 Å². The molecule has 1 aliphatic heterocycles. The lowest BCUT2D eigenvalue weighted by Gasteiger charge is -2.11. The van der Waals surface area contributed by atoms with E-state index in [4.69, 9.17) is 11.6 Å². The summed E-state index contributed by atoms with van der Waals surface area (Å²) in [5.41, 5.74) is 0.717. The molecule has 6 nitrogen and oxygen atoms in total. The number of amides is 3. The van der Waals surface area contributed by atoms with E-state index < -0.39 is 11.7 Å². The summed E-state index contributed by atoms with van der Waals surface area (Å²) >= 11 is 7.49. The normalized spacial score (nSPS) is 14.0. The smallest absolute Gasteiger partial charge is 0.323 e. The van der Waals surface area contributed by atoms with Crippen LogP contribution in [0.1, 0.15) is 5.69 Å². The zero-order valence-corrected chi connectivity index (χ0v) is 15.6. The number of carbonyl (C=O) groups excluding carboxylic acids is 2. The van der Waals surface area contributed by atoms with Gasteiger partial charge in [-0.25, -0.2) is 9.78 Å². The highest BCUT2D eigenvalue weighted by Gasteiger charge is 2.24. The van der Waals surface area contributed by atoms with Crippen molar-refractivity contribution in [3.05, 3.63) is 34.3 Å². The van der Waals surface area contributed by atoms with Gasteiger partial charge in [0.2, 0.25) is 5.91 Å². The van der Waals surface area contributed by atoms with Crippen molar-refractivity contribution in [2.45, 2.75) is 17.1 Å². The average Bonchev–Trinajstić information content (AvgIpc) is 3.19. The van der Waals surface area contributed by atoms with Crippen LogP contribution in [-0.2, 0) is 11.2 Å². The zero-order chi connectivity index (χ0) is 18.7. The predicted octanol–water partition coefficient (Wildman–Crippen LogP) is 3.82. The van der Waals surface area contributed by atoms with Crippen molar-refractivity contribution in [1.82, 2.24) is 10.3 Å². The molecule has 1 aliphatic rings. The van der Waals surface area contributed by atoms with Crippen LogP contribution in [0.25, 0.3) is 0 Å². The molecule has 1 aromatic heterocycles. The van der Waals surface area contributed by atoms with Gasteiger partial charge < -0.3 is 10.6 Å². The number of nitrogens with zero attached hydrogens (tertiary/aromatic N) is 2. The number of hydrogen-bond donors (Lipinski definition) is 2. The topological polar surface area (TPSA) is 74.3 Å². The minimum Gasteiger partial charge on any atom is -0.336 e. The monoisotopic (exact) mass is 418 g/mol. The van der Waals surface area contributed by atoms with Crippen molar-refractivity contribution >= 4 is 57.5 Å². The van der Waals surface area contributed by atoms with E-state index in [2.05, 4.69) is 15.6 Å². The Hall–Kier alpha value is -1.91. The van der Waals surface area contributed by atoms with E-state index >= 15 is 0 Å². The number of alkyl halides is 2. The van der Waals surface area contributed by atoms with E-state index in [0.29, 0.717) is 23.9 Å². The number of anilines is 2. The molecule has 0 atom stereocenters. The van der Waals surface area contributed by atoms with Crippen molar-refractivity contribution in [1.29, 1.82) is 0 Å². The predicted molar refractivity (Wildman–Crippen MR) is 98.5 cm³/mol. The van der Waals surface area contributed by atoms with Gasteiger partial charge in [0.1, 0.15) is 0 Å². The van der Waals surface area contributed by atoms with E-state index in [1.54, 1.807) is 11.4 Å². The number of halogens is 3. The number of nitrogens with one attached hydrogen (secondary N) is 2. The van der Waals surface area contributed by atoms with Crippen molar-refractivity contribution in [3.8, 4) is 0 Å². The number of carbonyl (C=O) groups is 2. The summed E-state index contributed by atoms with van der Waals surface area (Å²) in [7, 11) is 0. The molecule has 2 aromatic rings. The van der Waals surface area contributed by atoms with Crippen LogP contribution in [0.2, 0.25) is 5.02 Å². The minimum absolute atomic E-state index is 0.0444. The van der Waals surface area contributed by atoms with Crippen LogP contribution in [0, 0.1) is 0 Å². The highest BCUT2D eigenvalue weighted by atomic mass is 35.5. The first-order chi connectivity index (χ1) is 12.4. The minimum atomic E-state index is -2.65. The second-order valence-corrected chi connectivity index (χ2v) is 7.47. The third-order valence-corrected chi connectivity index (χ3v) is 5.61. The van der Waals surface area contributed by atoms with Crippen LogP contribution in [0.3, 0.4) is 0 Å². The van der Waals surface area contributed by atoms with Gasteiger partial charge in [0.25, 0.3) is 5.76 Å². The van der Waals surface area contributed by atoms with E-state index in [1.165, 1.54) is 28.4 Å². The summed E-state index contributed by atoms with van der Waals surface area (Å²) in [5, 5.41) is 7.61. The van der Waals surface area contributed by atoms with Gasteiger partial charge in [-0.1, -0.05) is 29.4 Å². The molecule has 3 rings (SSSR count). The zero-order valence-electron chi connectivity index (χ0n) is 13.2. The standard InChI is InChI=1S/C15H13ClF2N4O2S2/c16-9-2-1-3-10(12(9)26-13(17)18)21-11(23)6-8-7-25-15(20-8)22-5-4-19-14(22)24/h1-3,7,13H,4-6H2,(H,19,24)(H,21,23). The quantitative estimate of drug-likeness (QED) is 0.699. The van der Waals surface area contributed by atoms with Gasteiger partial charge in [0.15, 0.2) is 5.13 Å². The number of thiazole rings is 1. The molecule has 0 aliphatic carbocycles. The van der Waals surface area contributed by atoms with Crippen LogP contribution in [0.4, 0.5) is 24.4 Å². The van der Waals surface area contributed by atoms with E-state index in [1.807, 2.05) is 0 Å². The summed E-state index contributed by atoms with van der Waals surface area (Å²) in [5.74, 6) is -3.07. The molecule has 1 fully saturated rings. The van der Waals surface area contributed by atoms with Gasteiger partial charge in [-0.3, -0.25) is 9.69 Å². The Balaban J connectivity index is 1.67. The third-order valence-electron chi connectivity index (χ3n) is 3.42. The average molecular weight is 419 g/mol. The fourth-order valence-electron chi connectivity index (χ4n) is 2.33. The van der Waals surface area contributed by atoms with Gasteiger partial charge in [-0.15, -0.1) is 11.3 Å². The second-order valence-electron chi connectivity index (χ2n) is 5.22. The largest absolute Gasteiger partial charge is 0.336 e. The summed E-state index contributed by atoms with van der Waals surface area (Å²) in [6.45, 7) is 1.07. The number of urea groups is 1. The molecule has 1 aromatic carbocycles. The maximum Gasteiger partial charge on any atom is 0.323 e. The van der Waals surface area contributed by atoms with Crippen molar-refractivity contribution in [2.75, 3.05) is 23.3 Å². The highest BCUT2D eigenvalue weighted by Crippen LogP contribution is 2.37. The van der Waals surface area contributed by atoms with Crippen LogP contribution in [-0.4, -0.2) is 35.8 Å². The number of hydrogen-bond acceptors (Lipinski definition) is 5. The molecule has 0 spiro atoms. The van der Waals surface area contributed by atoms with Gasteiger partial charge in [0, 0.05) is 18.5 Å². The summed E-state index contributed by atoms with van der Waals surface area (Å²) in [6, 6.07) is 4.34. The maximum absolute atomic E-state index is 12.7. The molecule has 138 valence electrons. The molecule has 1 saturated heterocycles. The fraction of sp³-hybridized carbons (Fsp3) is 0.267. The Morgan fingerprint density at radius 2 is 2.31 bits per heavy atom. The molecule has 11 heteroatoms. The van der Waals surface area contributed by atoms with Crippen molar-refractivity contribution in [3.63, 3.8) is 0 Å². The highest BCUT2D eigenvalue weighted by molar-refractivity contribution is 7.99. The molecule has 3 amide bonds. The van der Waals surface area contributed by atoms with Crippen molar-refractivity contribution < 1.29 is 18.4 Å². The summed E-state index contributed by atoms with van der Waals surface area (Å²) in [6.07, 6.45) is -0.0444. The molecular weight excluding hydrogens is 406 g/mol. The number of benzene rings is 1. The third kappa shape index (κ3) is 4.43. The Labute approximate surface area is 160 Å². The molecule has 0 unspecified atom stereocenters. The van der Waals surface area contributed by atoms with Crippen LogP contribution in [0.5, 0.6) is 0 Å². The van der Waals surface area contributed by atoms with Crippen LogP contribution < -0.4 is 15.5 Å². The Morgan fingerprint density at radius 3 is 3.00 bits per heavy atom. The molecule has 0 bridgehead atoms. The Kier molecular flexibility index (Phi) is 5.94. The molecule has 2 N–H and O–H groups in total. The van der Waals surface area contributed by atoms with Gasteiger partial charge in [-0.2, -0.15) is 8.78 Å².